The standard InChI is InChI=1S/C12H22N4O2/c1-17-8-6-16(7-9-18-2)10-11-4-3-5-14-12(11)15-13/h3-5H,6-10,13H2,1-2H3,(H,14,15). The van der Waals surface area contributed by atoms with Crippen molar-refractivity contribution in [2.24, 2.45) is 5.84 Å². The van der Waals surface area contributed by atoms with Gasteiger partial charge in [-0.05, 0) is 6.07 Å². The Kier molecular flexibility index (Phi) is 7.28. The average Bonchev–Trinajstić information content (AvgIpc) is 2.42. The molecule has 0 unspecified atom stereocenters. The van der Waals surface area contributed by atoms with Gasteiger partial charge in [0.1, 0.15) is 5.82 Å². The fraction of sp³-hybridized carbons (Fsp3) is 0.583. The van der Waals surface area contributed by atoms with Gasteiger partial charge in [0.25, 0.3) is 0 Å². The maximum Gasteiger partial charge on any atom is 0.144 e. The van der Waals surface area contributed by atoms with Crippen molar-refractivity contribution in [3.8, 4) is 0 Å². The molecule has 1 aromatic heterocycles. The highest BCUT2D eigenvalue weighted by atomic mass is 16.5. The molecule has 0 amide bonds. The Balaban J connectivity index is 2.62. The SMILES string of the molecule is COCCN(CCOC)Cc1cccnc1NN. The van der Waals surface area contributed by atoms with Crippen molar-refractivity contribution in [2.75, 3.05) is 45.9 Å². The van der Waals surface area contributed by atoms with E-state index in [0.29, 0.717) is 19.0 Å². The summed E-state index contributed by atoms with van der Waals surface area (Å²) in [4.78, 5) is 6.43. The van der Waals surface area contributed by atoms with Crippen molar-refractivity contribution >= 4 is 5.82 Å². The van der Waals surface area contributed by atoms with Gasteiger partial charge in [-0.25, -0.2) is 10.8 Å². The normalized spacial score (nSPS) is 10.9. The Morgan fingerprint density at radius 2 is 1.94 bits per heavy atom. The summed E-state index contributed by atoms with van der Waals surface area (Å²) in [5, 5.41) is 0. The molecule has 0 saturated heterocycles. The largest absolute Gasteiger partial charge is 0.383 e. The van der Waals surface area contributed by atoms with Gasteiger partial charge >= 0.3 is 0 Å². The maximum absolute atomic E-state index is 5.45. The molecule has 0 saturated carbocycles. The van der Waals surface area contributed by atoms with Crippen molar-refractivity contribution in [1.82, 2.24) is 9.88 Å². The second-order valence-corrected chi connectivity index (χ2v) is 3.92. The van der Waals surface area contributed by atoms with Gasteiger partial charge in [0.2, 0.25) is 0 Å². The lowest BCUT2D eigenvalue weighted by Gasteiger charge is -2.22. The van der Waals surface area contributed by atoms with E-state index in [9.17, 15) is 0 Å². The number of hydrogen-bond acceptors (Lipinski definition) is 6. The number of rotatable bonds is 9. The molecule has 1 heterocycles. The summed E-state index contributed by atoms with van der Waals surface area (Å²) in [5.74, 6) is 6.15. The first kappa shape index (κ1) is 14.8. The van der Waals surface area contributed by atoms with Gasteiger partial charge in [-0.3, -0.25) is 4.90 Å². The number of anilines is 1. The first-order valence-corrected chi connectivity index (χ1v) is 5.92. The van der Waals surface area contributed by atoms with Crippen LogP contribution in [-0.4, -0.2) is 50.4 Å². The molecule has 6 nitrogen and oxygen atoms in total. The summed E-state index contributed by atoms with van der Waals surface area (Å²) in [6, 6.07) is 3.91. The van der Waals surface area contributed by atoms with Crippen LogP contribution in [0.1, 0.15) is 5.56 Å². The number of hydrazine groups is 1. The summed E-state index contributed by atoms with van der Waals surface area (Å²) >= 11 is 0. The second-order valence-electron chi connectivity index (χ2n) is 3.92. The van der Waals surface area contributed by atoms with E-state index in [4.69, 9.17) is 15.3 Å². The summed E-state index contributed by atoms with van der Waals surface area (Å²) in [7, 11) is 3.40. The fourth-order valence-corrected chi connectivity index (χ4v) is 1.65. The van der Waals surface area contributed by atoms with E-state index in [1.54, 1.807) is 20.4 Å². The number of hydrogen-bond donors (Lipinski definition) is 2. The van der Waals surface area contributed by atoms with Crippen LogP contribution in [0.3, 0.4) is 0 Å². The zero-order chi connectivity index (χ0) is 13.2. The lowest BCUT2D eigenvalue weighted by Crippen LogP contribution is -2.31. The third-order valence-electron chi connectivity index (χ3n) is 2.65. The lowest BCUT2D eigenvalue weighted by atomic mass is 10.2. The van der Waals surface area contributed by atoms with Gasteiger partial charge in [0.05, 0.1) is 13.2 Å². The number of nitrogens with one attached hydrogen (secondary N) is 1. The molecule has 0 fully saturated rings. The highest BCUT2D eigenvalue weighted by Gasteiger charge is 2.09. The third kappa shape index (κ3) is 4.97. The van der Waals surface area contributed by atoms with Gasteiger partial charge in [-0.1, -0.05) is 6.07 Å². The zero-order valence-corrected chi connectivity index (χ0v) is 11.1. The van der Waals surface area contributed by atoms with Crippen LogP contribution in [0, 0.1) is 0 Å². The third-order valence-corrected chi connectivity index (χ3v) is 2.65. The van der Waals surface area contributed by atoms with Crippen LogP contribution in [0.15, 0.2) is 18.3 Å². The molecular formula is C12H22N4O2. The maximum atomic E-state index is 5.45. The number of ether oxygens (including phenoxy) is 2. The fourth-order valence-electron chi connectivity index (χ4n) is 1.65. The van der Waals surface area contributed by atoms with E-state index in [1.807, 2.05) is 12.1 Å². The van der Waals surface area contributed by atoms with Crippen molar-refractivity contribution < 1.29 is 9.47 Å². The van der Waals surface area contributed by atoms with Gasteiger partial charge in [0, 0.05) is 45.6 Å². The highest BCUT2D eigenvalue weighted by Crippen LogP contribution is 2.12. The summed E-state index contributed by atoms with van der Waals surface area (Å²) in [6.07, 6.45) is 1.72. The quantitative estimate of drug-likeness (QED) is 0.493. The lowest BCUT2D eigenvalue weighted by molar-refractivity contribution is 0.110. The van der Waals surface area contributed by atoms with Gasteiger partial charge in [0.15, 0.2) is 0 Å². The Bertz CT molecular complexity index is 328. The van der Waals surface area contributed by atoms with E-state index in [0.717, 1.165) is 25.2 Å². The molecule has 0 bridgehead atoms. The first-order chi connectivity index (χ1) is 8.81. The number of nitrogen functional groups attached to an aromatic ring is 1. The molecule has 18 heavy (non-hydrogen) atoms. The van der Waals surface area contributed by atoms with E-state index >= 15 is 0 Å². The Hall–Kier alpha value is -1.21. The molecule has 0 spiro atoms. The highest BCUT2D eigenvalue weighted by molar-refractivity contribution is 5.42. The predicted molar refractivity (Wildman–Crippen MR) is 71.1 cm³/mol. The van der Waals surface area contributed by atoms with Crippen molar-refractivity contribution in [1.29, 1.82) is 0 Å². The van der Waals surface area contributed by atoms with E-state index < -0.39 is 0 Å². The molecule has 0 aliphatic rings. The van der Waals surface area contributed by atoms with Crippen LogP contribution in [-0.2, 0) is 16.0 Å². The van der Waals surface area contributed by atoms with Crippen LogP contribution in [0.5, 0.6) is 0 Å². The molecule has 0 aliphatic heterocycles. The average molecular weight is 254 g/mol. The van der Waals surface area contributed by atoms with Crippen LogP contribution in [0.25, 0.3) is 0 Å². The Labute approximate surface area is 108 Å². The van der Waals surface area contributed by atoms with Crippen molar-refractivity contribution in [3.05, 3.63) is 23.9 Å². The topological polar surface area (TPSA) is 72.6 Å². The van der Waals surface area contributed by atoms with Gasteiger partial charge < -0.3 is 14.9 Å². The number of methoxy groups -OCH3 is 2. The summed E-state index contributed by atoms with van der Waals surface area (Å²) < 4.78 is 10.2. The van der Waals surface area contributed by atoms with Gasteiger partial charge in [-0.15, -0.1) is 0 Å². The molecule has 6 heteroatoms. The van der Waals surface area contributed by atoms with Crippen molar-refractivity contribution in [2.45, 2.75) is 6.54 Å². The van der Waals surface area contributed by atoms with Crippen LogP contribution >= 0.6 is 0 Å². The molecule has 1 rings (SSSR count). The predicted octanol–water partition coefficient (Wildman–Crippen LogP) is 0.462. The summed E-state index contributed by atoms with van der Waals surface area (Å²) in [5.41, 5.74) is 3.68. The first-order valence-electron chi connectivity index (χ1n) is 5.92. The molecular weight excluding hydrogens is 232 g/mol. The Morgan fingerprint density at radius 3 is 2.50 bits per heavy atom. The van der Waals surface area contributed by atoms with Gasteiger partial charge in [-0.2, -0.15) is 0 Å². The number of pyridine rings is 1. The minimum atomic E-state index is 0.690. The minimum absolute atomic E-state index is 0.690. The van der Waals surface area contributed by atoms with Crippen LogP contribution in [0.2, 0.25) is 0 Å². The molecule has 0 atom stereocenters. The van der Waals surface area contributed by atoms with Crippen molar-refractivity contribution in [3.63, 3.8) is 0 Å². The minimum Gasteiger partial charge on any atom is -0.383 e. The molecule has 3 N–H and O–H groups in total. The van der Waals surface area contributed by atoms with Crippen LogP contribution < -0.4 is 11.3 Å². The number of nitrogens with zero attached hydrogens (tertiary/aromatic N) is 2. The molecule has 0 aromatic carbocycles. The number of aromatic nitrogens is 1. The van der Waals surface area contributed by atoms with E-state index in [1.165, 1.54) is 0 Å². The van der Waals surface area contributed by atoms with Crippen LogP contribution in [0.4, 0.5) is 5.82 Å². The molecule has 0 aliphatic carbocycles. The van der Waals surface area contributed by atoms with E-state index in [-0.39, 0.29) is 0 Å². The Morgan fingerprint density at radius 1 is 1.28 bits per heavy atom. The monoisotopic (exact) mass is 254 g/mol. The molecule has 1 aromatic rings. The molecule has 102 valence electrons. The zero-order valence-electron chi connectivity index (χ0n) is 11.1. The smallest absolute Gasteiger partial charge is 0.144 e. The second kappa shape index (κ2) is 8.82. The van der Waals surface area contributed by atoms with E-state index in [2.05, 4.69) is 15.3 Å². The number of nitrogens with two attached hydrogens (primary N) is 1. The molecule has 0 radical (unpaired) electrons. The summed E-state index contributed by atoms with van der Waals surface area (Å²) in [6.45, 7) is 3.84.